The van der Waals surface area contributed by atoms with Crippen LogP contribution in [0.15, 0.2) is 36.4 Å². The number of esters is 1. The van der Waals surface area contributed by atoms with Crippen LogP contribution >= 0.6 is 0 Å². The molecule has 0 saturated carbocycles. The van der Waals surface area contributed by atoms with Crippen LogP contribution < -0.4 is 20.3 Å². The number of rotatable bonds is 3. The first-order valence-electron chi connectivity index (χ1n) is 8.69. The second-order valence-electron chi connectivity index (χ2n) is 6.52. The molecule has 1 atom stereocenters. The summed E-state index contributed by atoms with van der Waals surface area (Å²) in [6, 6.07) is 11.5. The van der Waals surface area contributed by atoms with Gasteiger partial charge in [-0.05, 0) is 30.7 Å². The van der Waals surface area contributed by atoms with E-state index in [1.165, 1.54) is 0 Å². The molecular weight excluding hydrogens is 316 g/mol. The Morgan fingerprint density at radius 2 is 2.08 bits per heavy atom. The molecule has 1 aromatic carbocycles. The number of nitrogens with zero attached hydrogens (tertiary/aromatic N) is 2. The topological polar surface area (TPSA) is 66.5 Å². The van der Waals surface area contributed by atoms with E-state index in [2.05, 4.69) is 32.7 Å². The molecule has 2 aromatic rings. The molecule has 6 nitrogen and oxygen atoms in total. The molecule has 1 fully saturated rings. The Hall–Kier alpha value is -2.60. The minimum absolute atomic E-state index is 0.256. The van der Waals surface area contributed by atoms with Crippen LogP contribution in [0.2, 0.25) is 0 Å². The predicted octanol–water partition coefficient (Wildman–Crippen LogP) is 1.74. The van der Waals surface area contributed by atoms with Gasteiger partial charge in [0, 0.05) is 50.0 Å². The van der Waals surface area contributed by atoms with E-state index in [0.29, 0.717) is 18.0 Å². The maximum Gasteiger partial charge on any atom is 0.334 e. The van der Waals surface area contributed by atoms with Gasteiger partial charge in [-0.3, -0.25) is 0 Å². The Morgan fingerprint density at radius 1 is 1.24 bits per heavy atom. The van der Waals surface area contributed by atoms with Crippen molar-refractivity contribution >= 4 is 17.5 Å². The highest BCUT2D eigenvalue weighted by Gasteiger charge is 2.29. The summed E-state index contributed by atoms with van der Waals surface area (Å²) in [6.07, 6.45) is 0.603. The highest BCUT2D eigenvalue weighted by molar-refractivity contribution is 5.84. The van der Waals surface area contributed by atoms with E-state index < -0.39 is 6.04 Å². The van der Waals surface area contributed by atoms with Gasteiger partial charge in [-0.1, -0.05) is 12.1 Å². The van der Waals surface area contributed by atoms with Crippen molar-refractivity contribution < 1.29 is 9.53 Å². The van der Waals surface area contributed by atoms with E-state index >= 15 is 0 Å². The summed E-state index contributed by atoms with van der Waals surface area (Å²) in [4.78, 5) is 19.1. The van der Waals surface area contributed by atoms with Crippen LogP contribution in [-0.2, 0) is 11.2 Å². The molecule has 3 heterocycles. The standard InChI is InChI=1S/C19H22N4O2/c1-13-3-2-4-18(21-13)22-16-11-14-5-6-15(12-17(14)25-19(16)24)23-9-7-20-8-10-23/h2-6,12,16,20H,7-11H2,1H3,(H,21,22). The molecule has 0 spiro atoms. The zero-order valence-electron chi connectivity index (χ0n) is 14.3. The molecule has 1 unspecified atom stereocenters. The summed E-state index contributed by atoms with van der Waals surface area (Å²) in [5, 5.41) is 6.53. The number of aromatic nitrogens is 1. The summed E-state index contributed by atoms with van der Waals surface area (Å²) >= 11 is 0. The van der Waals surface area contributed by atoms with Gasteiger partial charge in [-0.25, -0.2) is 9.78 Å². The lowest BCUT2D eigenvalue weighted by molar-refractivity contribution is -0.136. The summed E-state index contributed by atoms with van der Waals surface area (Å²) in [5.41, 5.74) is 3.07. The van der Waals surface area contributed by atoms with Crippen molar-refractivity contribution in [2.75, 3.05) is 36.4 Å². The van der Waals surface area contributed by atoms with Crippen LogP contribution in [0.1, 0.15) is 11.3 Å². The summed E-state index contributed by atoms with van der Waals surface area (Å²) < 4.78 is 5.61. The third-order valence-corrected chi connectivity index (χ3v) is 4.66. The molecule has 2 N–H and O–H groups in total. The molecule has 0 bridgehead atoms. The summed E-state index contributed by atoms with van der Waals surface area (Å²) in [6.45, 7) is 5.82. The molecule has 6 heteroatoms. The zero-order valence-corrected chi connectivity index (χ0v) is 14.3. The third kappa shape index (κ3) is 3.44. The lowest BCUT2D eigenvalue weighted by Gasteiger charge is -2.31. The number of aryl methyl sites for hydroxylation is 1. The van der Waals surface area contributed by atoms with Gasteiger partial charge in [-0.2, -0.15) is 0 Å². The number of hydrogen-bond donors (Lipinski definition) is 2. The number of carbonyl (C=O) groups excluding carboxylic acids is 1. The number of nitrogens with one attached hydrogen (secondary N) is 2. The fourth-order valence-corrected chi connectivity index (χ4v) is 3.32. The molecule has 0 amide bonds. The number of hydrogen-bond acceptors (Lipinski definition) is 6. The monoisotopic (exact) mass is 338 g/mol. The van der Waals surface area contributed by atoms with Crippen LogP contribution in [0.5, 0.6) is 5.75 Å². The van der Waals surface area contributed by atoms with Crippen molar-refractivity contribution in [1.29, 1.82) is 0 Å². The lowest BCUT2D eigenvalue weighted by Crippen LogP contribution is -2.43. The number of piperazine rings is 1. The second kappa shape index (κ2) is 6.72. The Kier molecular flexibility index (Phi) is 4.28. The molecule has 0 aliphatic carbocycles. The number of benzene rings is 1. The van der Waals surface area contributed by atoms with Crippen LogP contribution in [0.3, 0.4) is 0 Å². The average Bonchev–Trinajstić information content (AvgIpc) is 2.63. The lowest BCUT2D eigenvalue weighted by atomic mass is 10.0. The molecule has 25 heavy (non-hydrogen) atoms. The van der Waals surface area contributed by atoms with E-state index in [9.17, 15) is 4.79 Å². The van der Waals surface area contributed by atoms with E-state index in [0.717, 1.165) is 43.1 Å². The van der Waals surface area contributed by atoms with Gasteiger partial charge in [-0.15, -0.1) is 0 Å². The van der Waals surface area contributed by atoms with Crippen LogP contribution in [0, 0.1) is 6.92 Å². The third-order valence-electron chi connectivity index (χ3n) is 4.66. The Morgan fingerprint density at radius 3 is 2.88 bits per heavy atom. The minimum Gasteiger partial charge on any atom is -0.425 e. The van der Waals surface area contributed by atoms with Gasteiger partial charge < -0.3 is 20.3 Å². The second-order valence-corrected chi connectivity index (χ2v) is 6.52. The minimum atomic E-state index is -0.410. The largest absolute Gasteiger partial charge is 0.425 e. The Labute approximate surface area is 147 Å². The first-order valence-corrected chi connectivity index (χ1v) is 8.69. The van der Waals surface area contributed by atoms with E-state index in [4.69, 9.17) is 4.74 Å². The predicted molar refractivity (Wildman–Crippen MR) is 97.2 cm³/mol. The average molecular weight is 338 g/mol. The maximum absolute atomic E-state index is 12.4. The van der Waals surface area contributed by atoms with E-state index in [1.54, 1.807) is 0 Å². The van der Waals surface area contributed by atoms with Gasteiger partial charge in [0.05, 0.1) is 0 Å². The molecule has 2 aliphatic heterocycles. The molecule has 130 valence electrons. The molecular formula is C19H22N4O2. The van der Waals surface area contributed by atoms with Gasteiger partial charge in [0.15, 0.2) is 0 Å². The van der Waals surface area contributed by atoms with Gasteiger partial charge in [0.2, 0.25) is 0 Å². The van der Waals surface area contributed by atoms with Crippen molar-refractivity contribution in [2.45, 2.75) is 19.4 Å². The number of fused-ring (bicyclic) bond motifs is 1. The molecule has 1 saturated heterocycles. The highest BCUT2D eigenvalue weighted by atomic mass is 16.5. The van der Waals surface area contributed by atoms with Crippen molar-refractivity contribution in [2.24, 2.45) is 0 Å². The quantitative estimate of drug-likeness (QED) is 0.656. The zero-order chi connectivity index (χ0) is 17.2. The SMILES string of the molecule is Cc1cccc(NC2Cc3ccc(N4CCNCC4)cc3OC2=O)n1. The van der Waals surface area contributed by atoms with Gasteiger partial charge in [0.1, 0.15) is 17.6 Å². The number of anilines is 2. The van der Waals surface area contributed by atoms with Gasteiger partial charge in [0.25, 0.3) is 0 Å². The molecule has 1 aromatic heterocycles. The fraction of sp³-hybridized carbons (Fsp3) is 0.368. The maximum atomic E-state index is 12.4. The van der Waals surface area contributed by atoms with Gasteiger partial charge >= 0.3 is 5.97 Å². The summed E-state index contributed by atoms with van der Waals surface area (Å²) in [7, 11) is 0. The van der Waals surface area contributed by atoms with Crippen LogP contribution in [0.25, 0.3) is 0 Å². The Balaban J connectivity index is 1.51. The first kappa shape index (κ1) is 15.9. The molecule has 2 aliphatic rings. The normalized spacial score (nSPS) is 20.0. The molecule has 4 rings (SSSR count). The fourth-order valence-electron chi connectivity index (χ4n) is 3.32. The van der Waals surface area contributed by atoms with Crippen molar-refractivity contribution in [3.05, 3.63) is 47.7 Å². The Bertz CT molecular complexity index is 787. The molecule has 0 radical (unpaired) electrons. The van der Waals surface area contributed by atoms with E-state index in [1.807, 2.05) is 31.2 Å². The number of pyridine rings is 1. The summed E-state index contributed by atoms with van der Waals surface area (Å²) in [5.74, 6) is 1.12. The van der Waals surface area contributed by atoms with E-state index in [-0.39, 0.29) is 5.97 Å². The highest BCUT2D eigenvalue weighted by Crippen LogP contribution is 2.31. The first-order chi connectivity index (χ1) is 12.2. The van der Waals surface area contributed by atoms with Crippen LogP contribution in [-0.4, -0.2) is 43.2 Å². The smallest absolute Gasteiger partial charge is 0.334 e. The van der Waals surface area contributed by atoms with Crippen LogP contribution in [0.4, 0.5) is 11.5 Å². The number of ether oxygens (including phenoxy) is 1. The van der Waals surface area contributed by atoms with Crippen molar-refractivity contribution in [3.63, 3.8) is 0 Å². The number of carbonyl (C=O) groups is 1. The van der Waals surface area contributed by atoms with Crippen molar-refractivity contribution in [3.8, 4) is 5.75 Å². The van der Waals surface area contributed by atoms with Crippen molar-refractivity contribution in [1.82, 2.24) is 10.3 Å².